The number of carbonyl (C=O) groups is 1. The second-order valence-corrected chi connectivity index (χ2v) is 11.1. The number of thiazole rings is 1. The molecule has 2 heterocycles. The third kappa shape index (κ3) is 4.13. The maximum Gasteiger partial charge on any atom is 0.233 e. The van der Waals surface area contributed by atoms with Crippen LogP contribution >= 0.6 is 23.1 Å². The zero-order valence-corrected chi connectivity index (χ0v) is 16.7. The summed E-state index contributed by atoms with van der Waals surface area (Å²) in [6, 6.07) is 10.1. The first-order valence-electron chi connectivity index (χ1n) is 8.67. The minimum Gasteiger partial charge on any atom is -0.335 e. The van der Waals surface area contributed by atoms with Crippen molar-refractivity contribution in [1.29, 1.82) is 0 Å². The third-order valence-corrected chi connectivity index (χ3v) is 8.46. The predicted octanol–water partition coefficient (Wildman–Crippen LogP) is 3.08. The molecular formula is C18H20N2O3S3. The van der Waals surface area contributed by atoms with Gasteiger partial charge in [-0.2, -0.15) is 0 Å². The van der Waals surface area contributed by atoms with Gasteiger partial charge >= 0.3 is 0 Å². The summed E-state index contributed by atoms with van der Waals surface area (Å²) in [6.45, 7) is 0. The second-order valence-electron chi connectivity index (χ2n) is 6.74. The van der Waals surface area contributed by atoms with Crippen LogP contribution in [0.15, 0.2) is 40.1 Å². The van der Waals surface area contributed by atoms with Crippen LogP contribution in [0.3, 0.4) is 0 Å². The molecule has 1 aliphatic heterocycles. The quantitative estimate of drug-likeness (QED) is 0.687. The van der Waals surface area contributed by atoms with E-state index in [-0.39, 0.29) is 29.5 Å². The smallest absolute Gasteiger partial charge is 0.233 e. The van der Waals surface area contributed by atoms with Crippen LogP contribution < -0.4 is 0 Å². The van der Waals surface area contributed by atoms with Gasteiger partial charge in [0, 0.05) is 23.0 Å². The monoisotopic (exact) mass is 408 g/mol. The normalized spacial score (nSPS) is 21.6. The van der Waals surface area contributed by atoms with E-state index in [1.807, 2.05) is 40.6 Å². The molecule has 0 spiro atoms. The molecule has 1 saturated carbocycles. The molecule has 1 atom stereocenters. The molecule has 0 radical (unpaired) electrons. The molecule has 8 heteroatoms. The van der Waals surface area contributed by atoms with Crippen molar-refractivity contribution in [2.24, 2.45) is 0 Å². The van der Waals surface area contributed by atoms with E-state index in [0.717, 1.165) is 28.4 Å². The van der Waals surface area contributed by atoms with Crippen molar-refractivity contribution in [2.75, 3.05) is 17.3 Å². The van der Waals surface area contributed by atoms with Crippen LogP contribution in [0.1, 0.15) is 19.3 Å². The molecular weight excluding hydrogens is 388 g/mol. The number of carbonyl (C=O) groups excluding carboxylic acids is 1. The van der Waals surface area contributed by atoms with E-state index < -0.39 is 9.84 Å². The summed E-state index contributed by atoms with van der Waals surface area (Å²) in [5, 5.41) is 2.00. The maximum absolute atomic E-state index is 12.8. The number of hydrogen-bond acceptors (Lipinski definition) is 6. The predicted molar refractivity (Wildman–Crippen MR) is 105 cm³/mol. The summed E-state index contributed by atoms with van der Waals surface area (Å²) in [5.74, 6) is 0.675. The number of benzene rings is 1. The summed E-state index contributed by atoms with van der Waals surface area (Å²) < 4.78 is 24.4. The Kier molecular flexibility index (Phi) is 5.07. The van der Waals surface area contributed by atoms with Crippen LogP contribution in [0.25, 0.3) is 11.3 Å². The van der Waals surface area contributed by atoms with Crippen molar-refractivity contribution in [3.63, 3.8) is 0 Å². The minimum atomic E-state index is -2.99. The zero-order chi connectivity index (χ0) is 18.1. The average Bonchev–Trinajstić information content (AvgIpc) is 3.22. The molecule has 1 saturated heterocycles. The van der Waals surface area contributed by atoms with Gasteiger partial charge in [-0.1, -0.05) is 42.1 Å². The van der Waals surface area contributed by atoms with Gasteiger partial charge in [0.25, 0.3) is 0 Å². The highest BCUT2D eigenvalue weighted by molar-refractivity contribution is 8.01. The Morgan fingerprint density at radius 2 is 1.96 bits per heavy atom. The molecule has 1 aromatic carbocycles. The molecule has 2 aliphatic rings. The van der Waals surface area contributed by atoms with Crippen LogP contribution in [0.4, 0.5) is 0 Å². The Hall–Kier alpha value is -1.38. The number of sulfone groups is 1. The van der Waals surface area contributed by atoms with Crippen LogP contribution in [0.2, 0.25) is 0 Å². The SMILES string of the molecule is O=C(CSc1nc(-c2ccccc2)cs1)N(C1CC1)[C@@H]1CCS(=O)(=O)C1. The van der Waals surface area contributed by atoms with E-state index in [0.29, 0.717) is 12.2 Å². The van der Waals surface area contributed by atoms with Crippen LogP contribution in [-0.2, 0) is 14.6 Å². The van der Waals surface area contributed by atoms with E-state index in [4.69, 9.17) is 0 Å². The van der Waals surface area contributed by atoms with Gasteiger partial charge in [-0.25, -0.2) is 13.4 Å². The van der Waals surface area contributed by atoms with Crippen LogP contribution in [0, 0.1) is 0 Å². The molecule has 1 aromatic heterocycles. The number of nitrogens with zero attached hydrogens (tertiary/aromatic N) is 2. The molecule has 26 heavy (non-hydrogen) atoms. The minimum absolute atomic E-state index is 0.0380. The fourth-order valence-electron chi connectivity index (χ4n) is 3.32. The van der Waals surface area contributed by atoms with Gasteiger partial charge in [0.1, 0.15) is 0 Å². The summed E-state index contributed by atoms with van der Waals surface area (Å²) in [6.07, 6.45) is 2.55. The average molecular weight is 409 g/mol. The molecule has 5 nitrogen and oxygen atoms in total. The third-order valence-electron chi connectivity index (χ3n) is 4.70. The van der Waals surface area contributed by atoms with Crippen molar-refractivity contribution in [3.8, 4) is 11.3 Å². The lowest BCUT2D eigenvalue weighted by molar-refractivity contribution is -0.130. The fraction of sp³-hybridized carbons (Fsp3) is 0.444. The van der Waals surface area contributed by atoms with E-state index in [2.05, 4.69) is 4.98 Å². The van der Waals surface area contributed by atoms with Crippen molar-refractivity contribution < 1.29 is 13.2 Å². The number of rotatable bonds is 6. The van der Waals surface area contributed by atoms with E-state index in [1.54, 1.807) is 0 Å². The van der Waals surface area contributed by atoms with Gasteiger partial charge < -0.3 is 4.90 Å². The highest BCUT2D eigenvalue weighted by Gasteiger charge is 2.41. The molecule has 0 N–H and O–H groups in total. The molecule has 2 aromatic rings. The first-order valence-corrected chi connectivity index (χ1v) is 12.4. The first-order chi connectivity index (χ1) is 12.5. The lowest BCUT2D eigenvalue weighted by Crippen LogP contribution is -2.43. The van der Waals surface area contributed by atoms with Crippen molar-refractivity contribution >= 4 is 38.8 Å². The summed E-state index contributed by atoms with van der Waals surface area (Å²) >= 11 is 2.98. The molecule has 1 aliphatic carbocycles. The van der Waals surface area contributed by atoms with Crippen LogP contribution in [-0.4, -0.2) is 53.6 Å². The first kappa shape index (κ1) is 18.0. The summed E-state index contributed by atoms with van der Waals surface area (Å²) in [5.41, 5.74) is 1.99. The number of amides is 1. The van der Waals surface area contributed by atoms with Gasteiger partial charge in [-0.3, -0.25) is 4.79 Å². The summed E-state index contributed by atoms with van der Waals surface area (Å²) in [7, 11) is -2.99. The Labute approximate surface area is 161 Å². The van der Waals surface area contributed by atoms with Gasteiger partial charge in [0.05, 0.1) is 23.0 Å². The summed E-state index contributed by atoms with van der Waals surface area (Å²) in [4.78, 5) is 19.2. The Bertz CT molecular complexity index is 891. The lowest BCUT2D eigenvalue weighted by Gasteiger charge is -2.28. The highest BCUT2D eigenvalue weighted by Crippen LogP contribution is 2.34. The molecule has 138 valence electrons. The van der Waals surface area contributed by atoms with Crippen molar-refractivity contribution in [3.05, 3.63) is 35.7 Å². The van der Waals surface area contributed by atoms with Crippen LogP contribution in [0.5, 0.6) is 0 Å². The van der Waals surface area contributed by atoms with Gasteiger partial charge in [-0.15, -0.1) is 11.3 Å². The van der Waals surface area contributed by atoms with Crippen molar-refractivity contribution in [2.45, 2.75) is 35.7 Å². The Balaban J connectivity index is 1.39. The molecule has 0 bridgehead atoms. The standard InChI is InChI=1S/C18H20N2O3S3/c21-17(20(14-6-7-14)15-8-9-26(22,23)12-15)11-25-18-19-16(10-24-18)13-4-2-1-3-5-13/h1-5,10,14-15H,6-9,11-12H2/t15-/m1/s1. The lowest BCUT2D eigenvalue weighted by atomic mass is 10.2. The van der Waals surface area contributed by atoms with E-state index in [9.17, 15) is 13.2 Å². The maximum atomic E-state index is 12.8. The fourth-order valence-corrected chi connectivity index (χ4v) is 6.73. The molecule has 4 rings (SSSR count). The van der Waals surface area contributed by atoms with Crippen molar-refractivity contribution in [1.82, 2.24) is 9.88 Å². The molecule has 1 amide bonds. The van der Waals surface area contributed by atoms with Gasteiger partial charge in [0.15, 0.2) is 14.2 Å². The Morgan fingerprint density at radius 1 is 1.19 bits per heavy atom. The largest absolute Gasteiger partial charge is 0.335 e. The molecule has 2 fully saturated rings. The highest BCUT2D eigenvalue weighted by atomic mass is 32.2. The zero-order valence-electron chi connectivity index (χ0n) is 14.2. The number of hydrogen-bond donors (Lipinski definition) is 0. The number of thioether (sulfide) groups is 1. The molecule has 0 unspecified atom stereocenters. The van der Waals surface area contributed by atoms with E-state index in [1.165, 1.54) is 23.1 Å². The van der Waals surface area contributed by atoms with Gasteiger partial charge in [-0.05, 0) is 19.3 Å². The number of aromatic nitrogens is 1. The second kappa shape index (κ2) is 7.32. The topological polar surface area (TPSA) is 67.3 Å². The van der Waals surface area contributed by atoms with E-state index >= 15 is 0 Å². The van der Waals surface area contributed by atoms with Gasteiger partial charge in [0.2, 0.25) is 5.91 Å². The Morgan fingerprint density at radius 3 is 2.62 bits per heavy atom.